The van der Waals surface area contributed by atoms with Gasteiger partial charge < -0.3 is 20.4 Å². The second kappa shape index (κ2) is 11.6. The second-order valence-corrected chi connectivity index (χ2v) is 7.09. The lowest BCUT2D eigenvalue weighted by Gasteiger charge is -2.35. The molecule has 2 amide bonds. The van der Waals surface area contributed by atoms with E-state index in [1.54, 1.807) is 28.0 Å². The van der Waals surface area contributed by atoms with Gasteiger partial charge in [-0.15, -0.1) is 24.0 Å². The molecule has 1 aliphatic rings. The number of amides is 2. The minimum atomic E-state index is -0.150. The largest absolute Gasteiger partial charge is 0.357 e. The van der Waals surface area contributed by atoms with Crippen molar-refractivity contribution in [1.82, 2.24) is 25.0 Å². The Morgan fingerprint density at radius 1 is 1.26 bits per heavy atom. The number of nitrogens with zero attached hydrogens (tertiary/aromatic N) is 6. The summed E-state index contributed by atoms with van der Waals surface area (Å²) in [5, 5.41) is 10.1. The molecule has 0 radical (unpaired) electrons. The van der Waals surface area contributed by atoms with Crippen LogP contribution in [0.15, 0.2) is 35.7 Å². The van der Waals surface area contributed by atoms with Crippen LogP contribution in [0.4, 0.5) is 11.5 Å². The summed E-state index contributed by atoms with van der Waals surface area (Å²) in [6.07, 6.45) is 5.45. The van der Waals surface area contributed by atoms with Gasteiger partial charge in [-0.2, -0.15) is 5.10 Å². The molecule has 31 heavy (non-hydrogen) atoms. The number of aryl methyl sites for hydroxylation is 2. The first-order valence-electron chi connectivity index (χ1n) is 10.0. The summed E-state index contributed by atoms with van der Waals surface area (Å²) in [6, 6.07) is 3.67. The summed E-state index contributed by atoms with van der Waals surface area (Å²) in [7, 11) is 1.82. The molecule has 2 aromatic rings. The molecular weight excluding hydrogens is 511 g/mol. The normalized spacial score (nSPS) is 14.3. The van der Waals surface area contributed by atoms with Crippen LogP contribution in [-0.4, -0.2) is 70.2 Å². The van der Waals surface area contributed by atoms with Crippen LogP contribution in [0.25, 0.3) is 0 Å². The Bertz CT molecular complexity index is 912. The molecule has 1 aliphatic heterocycles. The van der Waals surface area contributed by atoms with Crippen molar-refractivity contribution in [3.63, 3.8) is 0 Å². The molecule has 168 valence electrons. The average molecular weight is 540 g/mol. The maximum absolute atomic E-state index is 12.6. The lowest BCUT2D eigenvalue weighted by Crippen LogP contribution is -2.55. The molecule has 10 nitrogen and oxygen atoms in total. The van der Waals surface area contributed by atoms with E-state index in [1.165, 1.54) is 0 Å². The fraction of sp³-hybridized carbons (Fsp3) is 0.450. The summed E-state index contributed by atoms with van der Waals surface area (Å²) >= 11 is 0. The second-order valence-electron chi connectivity index (χ2n) is 7.09. The van der Waals surface area contributed by atoms with Crippen molar-refractivity contribution in [2.24, 2.45) is 12.0 Å². The standard InChI is InChI=1S/C20H28N8O2.HI/c1-4-21-20(22-8-7-18(29)25-17-6-5-15(2)11-23-17)27-9-10-28(19(30)14-27)16-12-24-26(3)13-16;/h5-6,11-13H,4,7-10,14H2,1-3H3,(H,21,22)(H,23,25,29);1H. The van der Waals surface area contributed by atoms with E-state index in [2.05, 4.69) is 25.7 Å². The van der Waals surface area contributed by atoms with Crippen LogP contribution in [0, 0.1) is 6.92 Å². The highest BCUT2D eigenvalue weighted by molar-refractivity contribution is 14.0. The zero-order chi connectivity index (χ0) is 21.5. The molecule has 1 saturated heterocycles. The van der Waals surface area contributed by atoms with Crippen LogP contribution in [0.1, 0.15) is 18.9 Å². The molecule has 0 saturated carbocycles. The fourth-order valence-electron chi connectivity index (χ4n) is 3.11. The lowest BCUT2D eigenvalue weighted by atomic mass is 10.3. The van der Waals surface area contributed by atoms with Crippen molar-refractivity contribution >= 4 is 53.3 Å². The molecule has 0 spiro atoms. The number of nitrogens with one attached hydrogen (secondary N) is 2. The number of guanidine groups is 1. The minimum absolute atomic E-state index is 0. The topological polar surface area (TPSA) is 108 Å². The summed E-state index contributed by atoms with van der Waals surface area (Å²) < 4.78 is 1.68. The molecule has 0 atom stereocenters. The van der Waals surface area contributed by atoms with Gasteiger partial charge in [-0.3, -0.25) is 19.3 Å². The van der Waals surface area contributed by atoms with E-state index in [4.69, 9.17) is 0 Å². The van der Waals surface area contributed by atoms with Gasteiger partial charge in [0.2, 0.25) is 11.8 Å². The van der Waals surface area contributed by atoms with E-state index < -0.39 is 0 Å². The third kappa shape index (κ3) is 6.91. The molecule has 0 unspecified atom stereocenters. The van der Waals surface area contributed by atoms with Gasteiger partial charge in [-0.1, -0.05) is 6.07 Å². The molecule has 0 aromatic carbocycles. The molecule has 11 heteroatoms. The molecule has 3 heterocycles. The van der Waals surface area contributed by atoms with E-state index in [0.717, 1.165) is 11.3 Å². The minimum Gasteiger partial charge on any atom is -0.357 e. The number of rotatable bonds is 6. The molecule has 1 fully saturated rings. The fourth-order valence-corrected chi connectivity index (χ4v) is 3.11. The van der Waals surface area contributed by atoms with E-state index in [0.29, 0.717) is 38.0 Å². The van der Waals surface area contributed by atoms with E-state index in [1.807, 2.05) is 38.1 Å². The smallest absolute Gasteiger partial charge is 0.246 e. The number of pyridine rings is 1. The van der Waals surface area contributed by atoms with Gasteiger partial charge in [0.15, 0.2) is 5.96 Å². The number of piperazine rings is 1. The summed E-state index contributed by atoms with van der Waals surface area (Å²) in [5.74, 6) is 1.00. The molecule has 2 N–H and O–H groups in total. The van der Waals surface area contributed by atoms with Crippen molar-refractivity contribution in [2.75, 3.05) is 42.9 Å². The number of hydrogen-bond donors (Lipinski definition) is 2. The van der Waals surface area contributed by atoms with Crippen LogP contribution < -0.4 is 15.5 Å². The van der Waals surface area contributed by atoms with Gasteiger partial charge in [0.05, 0.1) is 18.4 Å². The van der Waals surface area contributed by atoms with E-state index >= 15 is 0 Å². The first-order chi connectivity index (χ1) is 14.5. The van der Waals surface area contributed by atoms with E-state index in [-0.39, 0.29) is 48.8 Å². The van der Waals surface area contributed by atoms with Crippen molar-refractivity contribution in [3.8, 4) is 0 Å². The van der Waals surface area contributed by atoms with Gasteiger partial charge in [0.25, 0.3) is 0 Å². The Morgan fingerprint density at radius 2 is 2.06 bits per heavy atom. The first-order valence-corrected chi connectivity index (χ1v) is 10.0. The number of anilines is 2. The van der Waals surface area contributed by atoms with Crippen molar-refractivity contribution < 1.29 is 9.59 Å². The van der Waals surface area contributed by atoms with E-state index in [9.17, 15) is 9.59 Å². The predicted molar refractivity (Wildman–Crippen MR) is 131 cm³/mol. The Balaban J connectivity index is 0.00000341. The van der Waals surface area contributed by atoms with Gasteiger partial charge in [-0.05, 0) is 25.5 Å². The van der Waals surface area contributed by atoms with Gasteiger partial charge in [-0.25, -0.2) is 4.98 Å². The number of halogens is 1. The monoisotopic (exact) mass is 540 g/mol. The SMILES string of the molecule is CCNC(=NCCC(=O)Nc1ccc(C)cn1)N1CCN(c2cnn(C)c2)C(=O)C1.I. The Hall–Kier alpha value is -2.70. The Morgan fingerprint density at radius 3 is 2.68 bits per heavy atom. The molecule has 0 bridgehead atoms. The number of aliphatic imine (C=N–C) groups is 1. The van der Waals surface area contributed by atoms with Gasteiger partial charge >= 0.3 is 0 Å². The number of carbonyl (C=O) groups is 2. The van der Waals surface area contributed by atoms with Crippen LogP contribution in [0.2, 0.25) is 0 Å². The van der Waals surface area contributed by atoms with Crippen molar-refractivity contribution in [3.05, 3.63) is 36.3 Å². The zero-order valence-electron chi connectivity index (χ0n) is 18.0. The maximum atomic E-state index is 12.6. The highest BCUT2D eigenvalue weighted by Crippen LogP contribution is 2.16. The number of carbonyl (C=O) groups excluding carboxylic acids is 2. The average Bonchev–Trinajstić information content (AvgIpc) is 3.15. The highest BCUT2D eigenvalue weighted by atomic mass is 127. The van der Waals surface area contributed by atoms with Gasteiger partial charge in [0.1, 0.15) is 12.4 Å². The summed E-state index contributed by atoms with van der Waals surface area (Å²) in [6.45, 7) is 6.32. The van der Waals surface area contributed by atoms with Crippen LogP contribution in [-0.2, 0) is 16.6 Å². The molecule has 2 aromatic heterocycles. The van der Waals surface area contributed by atoms with Crippen molar-refractivity contribution in [2.45, 2.75) is 20.3 Å². The summed E-state index contributed by atoms with van der Waals surface area (Å²) in [5.41, 5.74) is 1.83. The number of aromatic nitrogens is 3. The Kier molecular flexibility index (Phi) is 9.21. The third-order valence-corrected chi connectivity index (χ3v) is 4.64. The quantitative estimate of drug-likeness (QED) is 0.326. The Labute approximate surface area is 199 Å². The van der Waals surface area contributed by atoms with Crippen molar-refractivity contribution in [1.29, 1.82) is 0 Å². The first kappa shape index (κ1) is 24.6. The third-order valence-electron chi connectivity index (χ3n) is 4.64. The predicted octanol–water partition coefficient (Wildman–Crippen LogP) is 1.38. The molecule has 0 aliphatic carbocycles. The van der Waals surface area contributed by atoms with Crippen LogP contribution >= 0.6 is 24.0 Å². The highest BCUT2D eigenvalue weighted by Gasteiger charge is 2.27. The van der Waals surface area contributed by atoms with Gasteiger partial charge in [0, 0.05) is 45.5 Å². The van der Waals surface area contributed by atoms with Crippen LogP contribution in [0.3, 0.4) is 0 Å². The molecule has 3 rings (SSSR count). The zero-order valence-corrected chi connectivity index (χ0v) is 20.4. The maximum Gasteiger partial charge on any atom is 0.246 e. The molecular formula is C20H29IN8O2. The summed E-state index contributed by atoms with van der Waals surface area (Å²) in [4.78, 5) is 37.1. The number of hydrogen-bond acceptors (Lipinski definition) is 5. The lowest BCUT2D eigenvalue weighted by molar-refractivity contribution is -0.120. The van der Waals surface area contributed by atoms with Crippen LogP contribution in [0.5, 0.6) is 0 Å².